The molecule has 0 bridgehead atoms. The predicted octanol–water partition coefficient (Wildman–Crippen LogP) is 1.33. The Morgan fingerprint density at radius 2 is 2.24 bits per heavy atom. The number of piperidine rings is 1. The van der Waals surface area contributed by atoms with Gasteiger partial charge in [-0.15, -0.1) is 0 Å². The van der Waals surface area contributed by atoms with Crippen LogP contribution in [0.25, 0.3) is 0 Å². The van der Waals surface area contributed by atoms with E-state index in [0.717, 1.165) is 31.6 Å². The lowest BCUT2D eigenvalue weighted by atomic mass is 9.99. The molecule has 1 saturated heterocycles. The minimum absolute atomic E-state index is 0.0547. The van der Waals surface area contributed by atoms with E-state index in [-0.39, 0.29) is 10.9 Å². The Kier molecular flexibility index (Phi) is 3.62. The molecule has 2 aromatic rings. The molecule has 3 heterocycles. The SMILES string of the molecule is CS(=O)(=O)c1cn[nH]c1C1CCCCN1c1ccncn1. The van der Waals surface area contributed by atoms with Crippen LogP contribution in [0.2, 0.25) is 0 Å². The number of sulfone groups is 1. The summed E-state index contributed by atoms with van der Waals surface area (Å²) in [6.07, 6.45) is 8.77. The van der Waals surface area contributed by atoms with Gasteiger partial charge in [-0.2, -0.15) is 5.10 Å². The van der Waals surface area contributed by atoms with Crippen molar-refractivity contribution in [2.75, 3.05) is 17.7 Å². The summed E-state index contributed by atoms with van der Waals surface area (Å²) in [5.41, 5.74) is 0.649. The largest absolute Gasteiger partial charge is 0.348 e. The maximum Gasteiger partial charge on any atom is 0.178 e. The van der Waals surface area contributed by atoms with E-state index in [0.29, 0.717) is 5.69 Å². The summed E-state index contributed by atoms with van der Waals surface area (Å²) in [4.78, 5) is 10.6. The molecular weight excluding hydrogens is 290 g/mol. The molecule has 3 rings (SSSR count). The molecule has 8 heteroatoms. The molecule has 0 amide bonds. The molecule has 1 N–H and O–H groups in total. The van der Waals surface area contributed by atoms with Gasteiger partial charge in [0.25, 0.3) is 0 Å². The Morgan fingerprint density at radius 3 is 2.95 bits per heavy atom. The molecule has 1 atom stereocenters. The highest BCUT2D eigenvalue weighted by atomic mass is 32.2. The quantitative estimate of drug-likeness (QED) is 0.920. The van der Waals surface area contributed by atoms with Gasteiger partial charge in [-0.3, -0.25) is 5.10 Å². The fourth-order valence-corrected chi connectivity index (χ4v) is 3.60. The maximum atomic E-state index is 11.9. The fraction of sp³-hybridized carbons (Fsp3) is 0.462. The number of nitrogens with zero attached hydrogens (tertiary/aromatic N) is 4. The average Bonchev–Trinajstić information content (AvgIpc) is 2.98. The lowest BCUT2D eigenvalue weighted by molar-refractivity contribution is 0.455. The Balaban J connectivity index is 2.01. The van der Waals surface area contributed by atoms with Gasteiger partial charge in [0.2, 0.25) is 0 Å². The van der Waals surface area contributed by atoms with Crippen molar-refractivity contribution in [1.29, 1.82) is 0 Å². The molecule has 112 valence electrons. The molecule has 0 saturated carbocycles. The number of aromatic nitrogens is 4. The summed E-state index contributed by atoms with van der Waals surface area (Å²) < 4.78 is 23.8. The lowest BCUT2D eigenvalue weighted by Crippen LogP contribution is -2.34. The number of anilines is 1. The van der Waals surface area contributed by atoms with Crippen LogP contribution in [-0.2, 0) is 9.84 Å². The molecule has 0 radical (unpaired) electrons. The molecule has 7 nitrogen and oxygen atoms in total. The highest BCUT2D eigenvalue weighted by Gasteiger charge is 2.30. The number of rotatable bonds is 3. The van der Waals surface area contributed by atoms with Gasteiger partial charge in [0.15, 0.2) is 9.84 Å². The van der Waals surface area contributed by atoms with Gasteiger partial charge >= 0.3 is 0 Å². The third-order valence-corrected chi connectivity index (χ3v) is 4.85. The average molecular weight is 307 g/mol. The molecule has 0 aromatic carbocycles. The van der Waals surface area contributed by atoms with Crippen LogP contribution in [0.15, 0.2) is 29.7 Å². The van der Waals surface area contributed by atoms with E-state index in [1.807, 2.05) is 6.07 Å². The zero-order valence-electron chi connectivity index (χ0n) is 11.7. The summed E-state index contributed by atoms with van der Waals surface area (Å²) in [5.74, 6) is 0.809. The van der Waals surface area contributed by atoms with E-state index in [2.05, 4.69) is 25.1 Å². The predicted molar refractivity (Wildman–Crippen MR) is 77.7 cm³/mol. The maximum absolute atomic E-state index is 11.9. The second-order valence-electron chi connectivity index (χ2n) is 5.19. The van der Waals surface area contributed by atoms with Crippen molar-refractivity contribution >= 4 is 15.7 Å². The third-order valence-electron chi connectivity index (χ3n) is 3.73. The van der Waals surface area contributed by atoms with Crippen LogP contribution in [0, 0.1) is 0 Å². The van der Waals surface area contributed by atoms with Crippen LogP contribution in [0.1, 0.15) is 31.0 Å². The number of hydrogen-bond donors (Lipinski definition) is 1. The number of H-pyrrole nitrogens is 1. The number of aromatic amines is 1. The first-order valence-corrected chi connectivity index (χ1v) is 8.72. The van der Waals surface area contributed by atoms with Crippen LogP contribution in [0.5, 0.6) is 0 Å². The number of nitrogens with one attached hydrogen (secondary N) is 1. The van der Waals surface area contributed by atoms with Crippen molar-refractivity contribution in [3.05, 3.63) is 30.5 Å². The third kappa shape index (κ3) is 2.76. The molecule has 1 fully saturated rings. The monoisotopic (exact) mass is 307 g/mol. The zero-order chi connectivity index (χ0) is 14.9. The summed E-state index contributed by atoms with van der Waals surface area (Å²) in [5, 5.41) is 6.80. The second-order valence-corrected chi connectivity index (χ2v) is 7.18. The lowest BCUT2D eigenvalue weighted by Gasteiger charge is -2.36. The van der Waals surface area contributed by atoms with E-state index in [9.17, 15) is 8.42 Å². The van der Waals surface area contributed by atoms with Crippen molar-refractivity contribution < 1.29 is 8.42 Å². The topological polar surface area (TPSA) is 91.8 Å². The summed E-state index contributed by atoms with van der Waals surface area (Å²) in [7, 11) is -3.30. The Hall–Kier alpha value is -1.96. The van der Waals surface area contributed by atoms with Crippen molar-refractivity contribution in [2.24, 2.45) is 0 Å². The van der Waals surface area contributed by atoms with Crippen molar-refractivity contribution in [1.82, 2.24) is 20.2 Å². The molecule has 2 aromatic heterocycles. The van der Waals surface area contributed by atoms with Crippen LogP contribution in [0.4, 0.5) is 5.82 Å². The van der Waals surface area contributed by atoms with Gasteiger partial charge in [-0.25, -0.2) is 18.4 Å². The minimum Gasteiger partial charge on any atom is -0.348 e. The highest BCUT2D eigenvalue weighted by Crippen LogP contribution is 2.35. The first kappa shape index (κ1) is 14.0. The van der Waals surface area contributed by atoms with Crippen LogP contribution >= 0.6 is 0 Å². The van der Waals surface area contributed by atoms with Crippen LogP contribution in [0.3, 0.4) is 0 Å². The summed E-state index contributed by atoms with van der Waals surface area (Å²) >= 11 is 0. The first-order chi connectivity index (χ1) is 10.1. The van der Waals surface area contributed by atoms with E-state index in [4.69, 9.17) is 0 Å². The van der Waals surface area contributed by atoms with Crippen molar-refractivity contribution in [2.45, 2.75) is 30.2 Å². The molecule has 1 unspecified atom stereocenters. The van der Waals surface area contributed by atoms with Gasteiger partial charge in [0.1, 0.15) is 17.0 Å². The Labute approximate surface area is 123 Å². The molecular formula is C13H17N5O2S. The van der Waals surface area contributed by atoms with Gasteiger partial charge in [-0.05, 0) is 25.3 Å². The zero-order valence-corrected chi connectivity index (χ0v) is 12.5. The normalized spacial score (nSPS) is 19.7. The summed E-state index contributed by atoms with van der Waals surface area (Å²) in [6.45, 7) is 0.837. The van der Waals surface area contributed by atoms with Crippen molar-refractivity contribution in [3.8, 4) is 0 Å². The van der Waals surface area contributed by atoms with E-state index >= 15 is 0 Å². The number of hydrogen-bond acceptors (Lipinski definition) is 6. The fourth-order valence-electron chi connectivity index (χ4n) is 2.78. The Bertz CT molecular complexity index is 713. The second kappa shape index (κ2) is 5.44. The Morgan fingerprint density at radius 1 is 1.38 bits per heavy atom. The van der Waals surface area contributed by atoms with E-state index in [1.165, 1.54) is 18.8 Å². The molecule has 0 spiro atoms. The molecule has 21 heavy (non-hydrogen) atoms. The smallest absolute Gasteiger partial charge is 0.178 e. The van der Waals surface area contributed by atoms with Crippen LogP contribution in [-0.4, -0.2) is 41.4 Å². The van der Waals surface area contributed by atoms with Crippen molar-refractivity contribution in [3.63, 3.8) is 0 Å². The van der Waals surface area contributed by atoms with Gasteiger partial charge < -0.3 is 4.90 Å². The van der Waals surface area contributed by atoms with E-state index in [1.54, 1.807) is 6.20 Å². The highest BCUT2D eigenvalue weighted by molar-refractivity contribution is 7.90. The molecule has 0 aliphatic carbocycles. The summed E-state index contributed by atoms with van der Waals surface area (Å²) in [6, 6.07) is 1.79. The van der Waals surface area contributed by atoms with Crippen LogP contribution < -0.4 is 4.90 Å². The molecule has 1 aliphatic rings. The minimum atomic E-state index is -3.30. The van der Waals surface area contributed by atoms with Gasteiger partial charge in [-0.1, -0.05) is 0 Å². The first-order valence-electron chi connectivity index (χ1n) is 6.83. The standard InChI is InChI=1S/C13H17N5O2S/c1-21(19,20)11-8-16-17-13(11)10-4-2-3-7-18(10)12-5-6-14-9-15-12/h5-6,8-10H,2-4,7H2,1H3,(H,16,17). The molecule has 1 aliphatic heterocycles. The van der Waals surface area contributed by atoms with Gasteiger partial charge in [0.05, 0.1) is 17.9 Å². The van der Waals surface area contributed by atoms with E-state index < -0.39 is 9.84 Å². The van der Waals surface area contributed by atoms with Gasteiger partial charge in [0, 0.05) is 19.0 Å².